The van der Waals surface area contributed by atoms with E-state index in [1.807, 2.05) is 0 Å². The van der Waals surface area contributed by atoms with Gasteiger partial charge in [0.05, 0.1) is 6.20 Å². The second kappa shape index (κ2) is 4.47. The van der Waals surface area contributed by atoms with Crippen LogP contribution in [-0.2, 0) is 0 Å². The van der Waals surface area contributed by atoms with E-state index in [4.69, 9.17) is 0 Å². The molecule has 2 heterocycles. The number of hydrogen-bond donors (Lipinski definition) is 1. The molecule has 1 aliphatic carbocycles. The Balaban J connectivity index is 1.72. The molecule has 17 heavy (non-hydrogen) atoms. The number of nitrogens with zero attached hydrogens (tertiary/aromatic N) is 4. The zero-order valence-corrected chi connectivity index (χ0v) is 10.3. The van der Waals surface area contributed by atoms with Crippen LogP contribution in [0.15, 0.2) is 6.20 Å². The summed E-state index contributed by atoms with van der Waals surface area (Å²) >= 11 is 0. The fourth-order valence-electron chi connectivity index (χ4n) is 2.31. The van der Waals surface area contributed by atoms with Crippen molar-refractivity contribution in [1.29, 1.82) is 0 Å². The second-order valence-corrected chi connectivity index (χ2v) is 5.25. The van der Waals surface area contributed by atoms with Gasteiger partial charge in [-0.25, -0.2) is 0 Å². The van der Waals surface area contributed by atoms with Crippen LogP contribution >= 0.6 is 0 Å². The second-order valence-electron chi connectivity index (χ2n) is 5.25. The van der Waals surface area contributed by atoms with Gasteiger partial charge < -0.3 is 10.2 Å². The highest BCUT2D eigenvalue weighted by Crippen LogP contribution is 2.24. The van der Waals surface area contributed by atoms with Crippen LogP contribution in [0.1, 0.15) is 32.6 Å². The van der Waals surface area contributed by atoms with Gasteiger partial charge in [0.15, 0.2) is 5.82 Å². The van der Waals surface area contributed by atoms with E-state index >= 15 is 0 Å². The summed E-state index contributed by atoms with van der Waals surface area (Å²) in [6.45, 7) is 4.39. The minimum atomic E-state index is 0.611. The molecule has 1 saturated carbocycles. The number of aromatic nitrogens is 3. The van der Waals surface area contributed by atoms with Gasteiger partial charge in [-0.2, -0.15) is 10.1 Å². The summed E-state index contributed by atoms with van der Waals surface area (Å²) < 4.78 is 0. The third-order valence-electron chi connectivity index (χ3n) is 3.42. The van der Waals surface area contributed by atoms with Crippen LogP contribution in [0.25, 0.3) is 0 Å². The Kier molecular flexibility index (Phi) is 2.82. The van der Waals surface area contributed by atoms with Gasteiger partial charge in [-0.1, -0.05) is 6.92 Å². The SMILES string of the molecule is CC1CCCN(c2nncc(NC3CC3)n2)C1. The monoisotopic (exact) mass is 233 g/mol. The molecule has 0 aromatic carbocycles. The number of hydrogen-bond acceptors (Lipinski definition) is 5. The fraction of sp³-hybridized carbons (Fsp3) is 0.750. The summed E-state index contributed by atoms with van der Waals surface area (Å²) in [6, 6.07) is 0.611. The average Bonchev–Trinajstić information content (AvgIpc) is 3.13. The number of rotatable bonds is 3. The quantitative estimate of drug-likeness (QED) is 0.861. The minimum absolute atomic E-state index is 0.611. The predicted octanol–water partition coefficient (Wildman–Crippen LogP) is 1.68. The zero-order valence-electron chi connectivity index (χ0n) is 10.3. The number of anilines is 2. The van der Waals surface area contributed by atoms with Crippen LogP contribution in [0.5, 0.6) is 0 Å². The highest BCUT2D eigenvalue weighted by atomic mass is 15.3. The molecule has 0 amide bonds. The molecule has 1 aromatic heterocycles. The molecule has 1 aromatic rings. The van der Waals surface area contributed by atoms with Crippen molar-refractivity contribution in [3.63, 3.8) is 0 Å². The maximum Gasteiger partial charge on any atom is 0.247 e. The van der Waals surface area contributed by atoms with E-state index in [1.54, 1.807) is 6.20 Å². The highest BCUT2D eigenvalue weighted by Gasteiger charge is 2.23. The number of piperidine rings is 1. The van der Waals surface area contributed by atoms with Gasteiger partial charge in [0.25, 0.3) is 0 Å². The van der Waals surface area contributed by atoms with Gasteiger partial charge in [-0.15, -0.1) is 5.10 Å². The summed E-state index contributed by atoms with van der Waals surface area (Å²) in [6.07, 6.45) is 6.75. The van der Waals surface area contributed by atoms with E-state index in [2.05, 4.69) is 32.3 Å². The Morgan fingerprint density at radius 3 is 3.00 bits per heavy atom. The zero-order chi connectivity index (χ0) is 11.7. The Hall–Kier alpha value is -1.39. The smallest absolute Gasteiger partial charge is 0.247 e. The molecule has 1 aliphatic heterocycles. The van der Waals surface area contributed by atoms with E-state index in [-0.39, 0.29) is 0 Å². The van der Waals surface area contributed by atoms with Crippen LogP contribution in [0, 0.1) is 5.92 Å². The Bertz CT molecular complexity index is 390. The molecule has 0 spiro atoms. The van der Waals surface area contributed by atoms with Crippen molar-refractivity contribution >= 4 is 11.8 Å². The third-order valence-corrected chi connectivity index (χ3v) is 3.42. The molecule has 2 fully saturated rings. The van der Waals surface area contributed by atoms with Crippen LogP contribution in [0.4, 0.5) is 11.8 Å². The largest absolute Gasteiger partial charge is 0.366 e. The standard InChI is InChI=1S/C12H19N5/c1-9-3-2-6-17(8-9)12-15-11(7-13-16-12)14-10-4-5-10/h7,9-10H,2-6,8H2,1H3,(H,14,15,16). The Morgan fingerprint density at radius 1 is 1.35 bits per heavy atom. The van der Waals surface area contributed by atoms with Gasteiger partial charge in [-0.3, -0.25) is 0 Å². The summed E-state index contributed by atoms with van der Waals surface area (Å²) in [5.74, 6) is 2.38. The van der Waals surface area contributed by atoms with Crippen molar-refractivity contribution in [2.75, 3.05) is 23.3 Å². The Labute approximate surface area is 102 Å². The van der Waals surface area contributed by atoms with Crippen molar-refractivity contribution in [2.24, 2.45) is 5.92 Å². The minimum Gasteiger partial charge on any atom is -0.366 e. The molecule has 5 nitrogen and oxygen atoms in total. The lowest BCUT2D eigenvalue weighted by Crippen LogP contribution is -2.35. The Morgan fingerprint density at radius 2 is 2.24 bits per heavy atom. The van der Waals surface area contributed by atoms with Gasteiger partial charge in [-0.05, 0) is 31.6 Å². The maximum absolute atomic E-state index is 4.55. The van der Waals surface area contributed by atoms with Gasteiger partial charge in [0.2, 0.25) is 5.95 Å². The van der Waals surface area contributed by atoms with Gasteiger partial charge >= 0.3 is 0 Å². The molecule has 1 N–H and O–H groups in total. The van der Waals surface area contributed by atoms with Crippen molar-refractivity contribution < 1.29 is 0 Å². The van der Waals surface area contributed by atoms with Crippen molar-refractivity contribution in [2.45, 2.75) is 38.6 Å². The molecule has 5 heteroatoms. The first-order valence-electron chi connectivity index (χ1n) is 6.52. The van der Waals surface area contributed by atoms with Crippen LogP contribution in [-0.4, -0.2) is 34.3 Å². The molecular formula is C12H19N5. The first-order valence-corrected chi connectivity index (χ1v) is 6.52. The summed E-state index contributed by atoms with van der Waals surface area (Å²) in [5.41, 5.74) is 0. The summed E-state index contributed by atoms with van der Waals surface area (Å²) in [4.78, 5) is 6.80. The van der Waals surface area contributed by atoms with Crippen molar-refractivity contribution in [3.8, 4) is 0 Å². The van der Waals surface area contributed by atoms with Crippen molar-refractivity contribution in [3.05, 3.63) is 6.20 Å². The summed E-state index contributed by atoms with van der Waals surface area (Å²) in [7, 11) is 0. The lowest BCUT2D eigenvalue weighted by molar-refractivity contribution is 0.441. The highest BCUT2D eigenvalue weighted by molar-refractivity contribution is 5.40. The van der Waals surface area contributed by atoms with E-state index in [1.165, 1.54) is 25.7 Å². The topological polar surface area (TPSA) is 53.9 Å². The van der Waals surface area contributed by atoms with Gasteiger partial charge in [0.1, 0.15) is 0 Å². The molecule has 2 aliphatic rings. The molecule has 1 saturated heterocycles. The molecular weight excluding hydrogens is 214 g/mol. The summed E-state index contributed by atoms with van der Waals surface area (Å²) in [5, 5.41) is 11.6. The van der Waals surface area contributed by atoms with E-state index < -0.39 is 0 Å². The van der Waals surface area contributed by atoms with Crippen LogP contribution < -0.4 is 10.2 Å². The maximum atomic E-state index is 4.55. The lowest BCUT2D eigenvalue weighted by atomic mass is 10.0. The number of nitrogens with one attached hydrogen (secondary N) is 1. The fourth-order valence-corrected chi connectivity index (χ4v) is 2.31. The van der Waals surface area contributed by atoms with Crippen LogP contribution in [0.3, 0.4) is 0 Å². The first-order chi connectivity index (χ1) is 8.31. The molecule has 92 valence electrons. The lowest BCUT2D eigenvalue weighted by Gasteiger charge is -2.30. The molecule has 1 atom stereocenters. The molecule has 0 radical (unpaired) electrons. The predicted molar refractivity (Wildman–Crippen MR) is 67.1 cm³/mol. The van der Waals surface area contributed by atoms with Crippen LogP contribution in [0.2, 0.25) is 0 Å². The van der Waals surface area contributed by atoms with E-state index in [9.17, 15) is 0 Å². The third kappa shape index (κ3) is 2.65. The average molecular weight is 233 g/mol. The van der Waals surface area contributed by atoms with E-state index in [0.29, 0.717) is 6.04 Å². The van der Waals surface area contributed by atoms with Crippen molar-refractivity contribution in [1.82, 2.24) is 15.2 Å². The molecule has 0 bridgehead atoms. The molecule has 1 unspecified atom stereocenters. The molecule has 3 rings (SSSR count). The van der Waals surface area contributed by atoms with E-state index in [0.717, 1.165) is 30.8 Å². The first kappa shape index (κ1) is 10.7. The van der Waals surface area contributed by atoms with Gasteiger partial charge in [0, 0.05) is 19.1 Å². The normalized spacial score (nSPS) is 24.8.